The lowest BCUT2D eigenvalue weighted by Crippen LogP contribution is -2.14. The molecule has 0 aliphatic carbocycles. The molecule has 0 heterocycles. The van der Waals surface area contributed by atoms with Crippen molar-refractivity contribution in [2.24, 2.45) is 5.73 Å². The normalized spacial score (nSPS) is 12.3. The van der Waals surface area contributed by atoms with Crippen LogP contribution in [0.2, 0.25) is 5.02 Å². The van der Waals surface area contributed by atoms with E-state index in [0.717, 1.165) is 16.7 Å². The van der Waals surface area contributed by atoms with E-state index in [2.05, 4.69) is 0 Å². The minimum atomic E-state index is -0.382. The number of aryl methyl sites for hydroxylation is 1. The van der Waals surface area contributed by atoms with E-state index in [1.54, 1.807) is 25.3 Å². The van der Waals surface area contributed by atoms with Gasteiger partial charge in [-0.05, 0) is 42.3 Å². The van der Waals surface area contributed by atoms with Crippen LogP contribution in [0.4, 0.5) is 4.39 Å². The second-order valence-electron chi connectivity index (χ2n) is 4.36. The standard InChI is InChI=1S/C15H15ClFNO/c1-9-7-11(17)4-6-12(9)15(18)13-5-3-10(16)8-14(13)19-2/h3-8,15H,18H2,1-2H3. The smallest absolute Gasteiger partial charge is 0.125 e. The molecular weight excluding hydrogens is 265 g/mol. The second kappa shape index (κ2) is 5.59. The zero-order valence-corrected chi connectivity index (χ0v) is 11.5. The Morgan fingerprint density at radius 2 is 1.84 bits per heavy atom. The average Bonchev–Trinajstić information content (AvgIpc) is 2.37. The van der Waals surface area contributed by atoms with Crippen molar-refractivity contribution in [1.29, 1.82) is 0 Å². The molecule has 1 unspecified atom stereocenters. The Kier molecular flexibility index (Phi) is 4.08. The first-order valence-corrected chi connectivity index (χ1v) is 6.26. The van der Waals surface area contributed by atoms with Gasteiger partial charge >= 0.3 is 0 Å². The van der Waals surface area contributed by atoms with Gasteiger partial charge in [0.15, 0.2) is 0 Å². The molecule has 0 amide bonds. The van der Waals surface area contributed by atoms with Crippen LogP contribution in [0.5, 0.6) is 5.75 Å². The van der Waals surface area contributed by atoms with Crippen LogP contribution in [-0.4, -0.2) is 7.11 Å². The van der Waals surface area contributed by atoms with Crippen molar-refractivity contribution in [2.45, 2.75) is 13.0 Å². The molecule has 0 aliphatic heterocycles. The van der Waals surface area contributed by atoms with Gasteiger partial charge in [0.25, 0.3) is 0 Å². The number of halogens is 2. The monoisotopic (exact) mass is 279 g/mol. The van der Waals surface area contributed by atoms with Crippen molar-refractivity contribution in [2.75, 3.05) is 7.11 Å². The van der Waals surface area contributed by atoms with Gasteiger partial charge < -0.3 is 10.5 Å². The first-order valence-electron chi connectivity index (χ1n) is 5.88. The van der Waals surface area contributed by atoms with Gasteiger partial charge in [0.2, 0.25) is 0 Å². The molecule has 0 fully saturated rings. The predicted molar refractivity (Wildman–Crippen MR) is 75.2 cm³/mol. The molecule has 2 N–H and O–H groups in total. The molecule has 0 saturated carbocycles. The summed E-state index contributed by atoms with van der Waals surface area (Å²) in [5.74, 6) is 0.361. The Bertz CT molecular complexity index is 601. The SMILES string of the molecule is COc1cc(Cl)ccc1C(N)c1ccc(F)cc1C. The van der Waals surface area contributed by atoms with Crippen LogP contribution in [0.1, 0.15) is 22.7 Å². The summed E-state index contributed by atoms with van der Waals surface area (Å²) in [5, 5.41) is 0.587. The quantitative estimate of drug-likeness (QED) is 0.926. The number of ether oxygens (including phenoxy) is 1. The van der Waals surface area contributed by atoms with Gasteiger partial charge in [-0.25, -0.2) is 4.39 Å². The summed E-state index contributed by atoms with van der Waals surface area (Å²) in [6.07, 6.45) is 0. The van der Waals surface area contributed by atoms with E-state index in [0.29, 0.717) is 10.8 Å². The van der Waals surface area contributed by atoms with E-state index < -0.39 is 0 Å². The fraction of sp³-hybridized carbons (Fsp3) is 0.200. The van der Waals surface area contributed by atoms with Crippen LogP contribution in [0.25, 0.3) is 0 Å². The van der Waals surface area contributed by atoms with Crippen LogP contribution >= 0.6 is 11.6 Å². The molecule has 4 heteroatoms. The maximum absolute atomic E-state index is 13.1. The van der Waals surface area contributed by atoms with E-state index in [9.17, 15) is 4.39 Å². The molecule has 100 valence electrons. The zero-order chi connectivity index (χ0) is 14.0. The van der Waals surface area contributed by atoms with Gasteiger partial charge in [-0.15, -0.1) is 0 Å². The van der Waals surface area contributed by atoms with Crippen molar-refractivity contribution in [3.63, 3.8) is 0 Å². The summed E-state index contributed by atoms with van der Waals surface area (Å²) in [5.41, 5.74) is 8.74. The summed E-state index contributed by atoms with van der Waals surface area (Å²) in [6, 6.07) is 9.50. The minimum Gasteiger partial charge on any atom is -0.496 e. The zero-order valence-electron chi connectivity index (χ0n) is 10.8. The van der Waals surface area contributed by atoms with Crippen molar-refractivity contribution < 1.29 is 9.13 Å². The van der Waals surface area contributed by atoms with Gasteiger partial charge in [-0.1, -0.05) is 23.7 Å². The minimum absolute atomic E-state index is 0.267. The predicted octanol–water partition coefficient (Wildman–Crippen LogP) is 3.84. The number of benzene rings is 2. The molecule has 0 aliphatic rings. The largest absolute Gasteiger partial charge is 0.496 e. The first kappa shape index (κ1) is 13.8. The Hall–Kier alpha value is -1.58. The highest BCUT2D eigenvalue weighted by Gasteiger charge is 2.16. The van der Waals surface area contributed by atoms with E-state index >= 15 is 0 Å². The van der Waals surface area contributed by atoms with E-state index in [4.69, 9.17) is 22.1 Å². The molecular formula is C15H15ClFNO. The van der Waals surface area contributed by atoms with Gasteiger partial charge in [0.1, 0.15) is 11.6 Å². The van der Waals surface area contributed by atoms with E-state index in [-0.39, 0.29) is 11.9 Å². The van der Waals surface area contributed by atoms with Crippen molar-refractivity contribution >= 4 is 11.6 Å². The molecule has 0 spiro atoms. The van der Waals surface area contributed by atoms with Gasteiger partial charge in [-0.2, -0.15) is 0 Å². The number of hydrogen-bond donors (Lipinski definition) is 1. The molecule has 0 radical (unpaired) electrons. The van der Waals surface area contributed by atoms with Crippen molar-refractivity contribution in [3.8, 4) is 5.75 Å². The topological polar surface area (TPSA) is 35.2 Å². The van der Waals surface area contributed by atoms with Crippen LogP contribution in [0.3, 0.4) is 0 Å². The third kappa shape index (κ3) is 2.88. The molecule has 2 nitrogen and oxygen atoms in total. The molecule has 0 bridgehead atoms. The first-order chi connectivity index (χ1) is 9.02. The third-order valence-corrected chi connectivity index (χ3v) is 3.33. The van der Waals surface area contributed by atoms with Gasteiger partial charge in [-0.3, -0.25) is 0 Å². The number of hydrogen-bond acceptors (Lipinski definition) is 2. The highest BCUT2D eigenvalue weighted by molar-refractivity contribution is 6.30. The summed E-state index contributed by atoms with van der Waals surface area (Å²) in [6.45, 7) is 1.83. The lowest BCUT2D eigenvalue weighted by molar-refractivity contribution is 0.408. The lowest BCUT2D eigenvalue weighted by atomic mass is 9.95. The van der Waals surface area contributed by atoms with Crippen molar-refractivity contribution in [1.82, 2.24) is 0 Å². The highest BCUT2D eigenvalue weighted by Crippen LogP contribution is 2.32. The van der Waals surface area contributed by atoms with Crippen LogP contribution in [0.15, 0.2) is 36.4 Å². The molecule has 19 heavy (non-hydrogen) atoms. The lowest BCUT2D eigenvalue weighted by Gasteiger charge is -2.18. The summed E-state index contributed by atoms with van der Waals surface area (Å²) < 4.78 is 18.4. The van der Waals surface area contributed by atoms with E-state index in [1.807, 2.05) is 13.0 Å². The average molecular weight is 280 g/mol. The molecule has 2 rings (SSSR count). The van der Waals surface area contributed by atoms with Gasteiger partial charge in [0.05, 0.1) is 13.2 Å². The molecule has 1 atom stereocenters. The van der Waals surface area contributed by atoms with Crippen LogP contribution in [0, 0.1) is 12.7 Å². The van der Waals surface area contributed by atoms with Gasteiger partial charge in [0, 0.05) is 10.6 Å². The van der Waals surface area contributed by atoms with E-state index in [1.165, 1.54) is 12.1 Å². The number of nitrogens with two attached hydrogens (primary N) is 1. The Morgan fingerprint density at radius 3 is 2.47 bits per heavy atom. The second-order valence-corrected chi connectivity index (χ2v) is 4.80. The molecule has 2 aromatic carbocycles. The van der Waals surface area contributed by atoms with Crippen LogP contribution in [-0.2, 0) is 0 Å². The third-order valence-electron chi connectivity index (χ3n) is 3.10. The Labute approximate surface area is 117 Å². The summed E-state index contributed by atoms with van der Waals surface area (Å²) in [7, 11) is 1.57. The maximum atomic E-state index is 13.1. The highest BCUT2D eigenvalue weighted by atomic mass is 35.5. The Balaban J connectivity index is 2.46. The number of rotatable bonds is 3. The van der Waals surface area contributed by atoms with Crippen LogP contribution < -0.4 is 10.5 Å². The number of methoxy groups -OCH3 is 1. The fourth-order valence-electron chi connectivity index (χ4n) is 2.10. The summed E-state index contributed by atoms with van der Waals surface area (Å²) >= 11 is 5.93. The molecule has 0 aromatic heterocycles. The van der Waals surface area contributed by atoms with Crippen molar-refractivity contribution in [3.05, 3.63) is 63.9 Å². The molecule has 2 aromatic rings. The molecule has 0 saturated heterocycles. The summed E-state index contributed by atoms with van der Waals surface area (Å²) in [4.78, 5) is 0. The maximum Gasteiger partial charge on any atom is 0.125 e. The Morgan fingerprint density at radius 1 is 1.16 bits per heavy atom. The fourth-order valence-corrected chi connectivity index (χ4v) is 2.26.